The van der Waals surface area contributed by atoms with Crippen molar-refractivity contribution in [2.45, 2.75) is 25.7 Å². The number of amides is 1. The summed E-state index contributed by atoms with van der Waals surface area (Å²) in [7, 11) is -3.60. The highest BCUT2D eigenvalue weighted by Gasteiger charge is 2.17. The van der Waals surface area contributed by atoms with Crippen molar-refractivity contribution in [1.29, 1.82) is 0 Å². The topological polar surface area (TPSA) is 88.4 Å². The Bertz CT molecular complexity index is 809. The van der Waals surface area contributed by atoms with Crippen molar-refractivity contribution >= 4 is 15.9 Å². The third kappa shape index (κ3) is 4.20. The normalized spacial score (nSPS) is 11.4. The van der Waals surface area contributed by atoms with Crippen LogP contribution in [0.4, 0.5) is 0 Å². The minimum atomic E-state index is -3.60. The predicted molar refractivity (Wildman–Crippen MR) is 86.9 cm³/mol. The summed E-state index contributed by atoms with van der Waals surface area (Å²) < 4.78 is 32.1. The Kier molecular flexibility index (Phi) is 5.23. The molecule has 23 heavy (non-hydrogen) atoms. The smallest absolute Gasteiger partial charge is 0.287 e. The largest absolute Gasteiger partial charge is 0.459 e. The molecule has 1 amide bonds. The maximum absolute atomic E-state index is 12.3. The Morgan fingerprint density at radius 2 is 1.83 bits per heavy atom. The van der Waals surface area contributed by atoms with E-state index < -0.39 is 10.0 Å². The lowest BCUT2D eigenvalue weighted by atomic mass is 10.2. The van der Waals surface area contributed by atoms with Gasteiger partial charge in [0, 0.05) is 18.7 Å². The van der Waals surface area contributed by atoms with Gasteiger partial charge in [-0.25, -0.2) is 13.1 Å². The lowest BCUT2D eigenvalue weighted by molar-refractivity contribution is 0.0926. The SMILES string of the molecule is Cc1ccc(C)c(S(=O)(=O)NCCNC(=O)c2occc2C)c1. The summed E-state index contributed by atoms with van der Waals surface area (Å²) >= 11 is 0. The van der Waals surface area contributed by atoms with Gasteiger partial charge < -0.3 is 9.73 Å². The second-order valence-electron chi connectivity index (χ2n) is 5.36. The first-order chi connectivity index (χ1) is 10.8. The van der Waals surface area contributed by atoms with Crippen LogP contribution in [0.15, 0.2) is 39.8 Å². The van der Waals surface area contributed by atoms with Crippen molar-refractivity contribution in [3.05, 3.63) is 53.0 Å². The van der Waals surface area contributed by atoms with E-state index in [4.69, 9.17) is 4.42 Å². The van der Waals surface area contributed by atoms with Crippen molar-refractivity contribution in [2.24, 2.45) is 0 Å². The number of rotatable bonds is 6. The molecule has 0 fully saturated rings. The number of nitrogens with one attached hydrogen (secondary N) is 2. The summed E-state index contributed by atoms with van der Waals surface area (Å²) in [6, 6.07) is 6.95. The molecule has 6 nitrogen and oxygen atoms in total. The predicted octanol–water partition coefficient (Wildman–Crippen LogP) is 1.91. The van der Waals surface area contributed by atoms with E-state index in [0.29, 0.717) is 5.56 Å². The van der Waals surface area contributed by atoms with Crippen LogP contribution in [-0.4, -0.2) is 27.4 Å². The van der Waals surface area contributed by atoms with Crippen LogP contribution in [-0.2, 0) is 10.0 Å². The molecule has 2 rings (SSSR count). The monoisotopic (exact) mass is 336 g/mol. The molecule has 0 atom stereocenters. The van der Waals surface area contributed by atoms with Gasteiger partial charge in [-0.2, -0.15) is 0 Å². The van der Waals surface area contributed by atoms with E-state index in [9.17, 15) is 13.2 Å². The lowest BCUT2D eigenvalue weighted by Crippen LogP contribution is -2.35. The first-order valence-corrected chi connectivity index (χ1v) is 8.69. The van der Waals surface area contributed by atoms with Crippen molar-refractivity contribution in [1.82, 2.24) is 10.0 Å². The van der Waals surface area contributed by atoms with Gasteiger partial charge in [0.1, 0.15) is 0 Å². The van der Waals surface area contributed by atoms with Crippen molar-refractivity contribution in [2.75, 3.05) is 13.1 Å². The third-order valence-electron chi connectivity index (χ3n) is 3.40. The molecule has 0 aliphatic carbocycles. The average Bonchev–Trinajstić information content (AvgIpc) is 2.92. The fourth-order valence-corrected chi connectivity index (χ4v) is 3.48. The quantitative estimate of drug-likeness (QED) is 0.789. The Hall–Kier alpha value is -2.12. The third-order valence-corrected chi connectivity index (χ3v) is 5.01. The zero-order valence-electron chi connectivity index (χ0n) is 13.3. The van der Waals surface area contributed by atoms with Gasteiger partial charge in [-0.05, 0) is 44.0 Å². The molecular formula is C16H20N2O4S. The van der Waals surface area contributed by atoms with Gasteiger partial charge in [0.25, 0.3) is 5.91 Å². The minimum absolute atomic E-state index is 0.0984. The van der Waals surface area contributed by atoms with Gasteiger partial charge in [0.2, 0.25) is 10.0 Å². The number of sulfonamides is 1. The number of hydrogen-bond donors (Lipinski definition) is 2. The fourth-order valence-electron chi connectivity index (χ4n) is 2.12. The molecule has 2 aromatic rings. The van der Waals surface area contributed by atoms with Crippen LogP contribution in [0.5, 0.6) is 0 Å². The van der Waals surface area contributed by atoms with Crippen LogP contribution < -0.4 is 10.0 Å². The first kappa shape index (κ1) is 17.2. The van der Waals surface area contributed by atoms with Gasteiger partial charge >= 0.3 is 0 Å². The van der Waals surface area contributed by atoms with E-state index in [1.807, 2.05) is 13.0 Å². The molecule has 0 aliphatic heterocycles. The van der Waals surface area contributed by atoms with E-state index in [-0.39, 0.29) is 29.7 Å². The fraction of sp³-hybridized carbons (Fsp3) is 0.312. The molecule has 0 spiro atoms. The highest BCUT2D eigenvalue weighted by atomic mass is 32.2. The van der Waals surface area contributed by atoms with Crippen LogP contribution in [0, 0.1) is 20.8 Å². The zero-order chi connectivity index (χ0) is 17.0. The highest BCUT2D eigenvalue weighted by Crippen LogP contribution is 2.16. The van der Waals surface area contributed by atoms with E-state index in [1.54, 1.807) is 32.0 Å². The number of hydrogen-bond acceptors (Lipinski definition) is 4. The Morgan fingerprint density at radius 3 is 2.48 bits per heavy atom. The van der Waals surface area contributed by atoms with Crippen molar-refractivity contribution < 1.29 is 17.6 Å². The minimum Gasteiger partial charge on any atom is -0.459 e. The number of furan rings is 1. The second-order valence-corrected chi connectivity index (χ2v) is 7.09. The van der Waals surface area contributed by atoms with Crippen LogP contribution in [0.25, 0.3) is 0 Å². The number of carbonyl (C=O) groups is 1. The van der Waals surface area contributed by atoms with Crippen LogP contribution in [0.1, 0.15) is 27.2 Å². The number of carbonyl (C=O) groups excluding carboxylic acids is 1. The highest BCUT2D eigenvalue weighted by molar-refractivity contribution is 7.89. The summed E-state index contributed by atoms with van der Waals surface area (Å²) in [5.74, 6) is -0.124. The molecule has 2 N–H and O–H groups in total. The summed E-state index contributed by atoms with van der Waals surface area (Å²) in [6.07, 6.45) is 1.44. The van der Waals surface area contributed by atoms with Gasteiger partial charge in [0.15, 0.2) is 5.76 Å². The number of aryl methyl sites for hydroxylation is 3. The molecule has 1 aromatic heterocycles. The summed E-state index contributed by atoms with van der Waals surface area (Å²) in [5, 5.41) is 2.62. The van der Waals surface area contributed by atoms with Crippen molar-refractivity contribution in [3.63, 3.8) is 0 Å². The molecule has 124 valence electrons. The van der Waals surface area contributed by atoms with E-state index in [1.165, 1.54) is 6.26 Å². The van der Waals surface area contributed by atoms with E-state index >= 15 is 0 Å². The van der Waals surface area contributed by atoms with Gasteiger partial charge in [-0.3, -0.25) is 4.79 Å². The van der Waals surface area contributed by atoms with E-state index in [0.717, 1.165) is 11.1 Å². The van der Waals surface area contributed by atoms with E-state index in [2.05, 4.69) is 10.0 Å². The maximum Gasteiger partial charge on any atom is 0.287 e. The number of benzene rings is 1. The Morgan fingerprint density at radius 1 is 1.09 bits per heavy atom. The van der Waals surface area contributed by atoms with Gasteiger partial charge in [0.05, 0.1) is 11.2 Å². The molecule has 0 saturated carbocycles. The van der Waals surface area contributed by atoms with Gasteiger partial charge in [-0.15, -0.1) is 0 Å². The van der Waals surface area contributed by atoms with Crippen LogP contribution in [0.3, 0.4) is 0 Å². The molecule has 0 saturated heterocycles. The Labute approximate surface area is 135 Å². The molecule has 0 aliphatic rings. The second kappa shape index (κ2) is 6.97. The van der Waals surface area contributed by atoms with Crippen LogP contribution in [0.2, 0.25) is 0 Å². The maximum atomic E-state index is 12.3. The van der Waals surface area contributed by atoms with Gasteiger partial charge in [-0.1, -0.05) is 12.1 Å². The molecule has 0 unspecified atom stereocenters. The summed E-state index contributed by atoms with van der Waals surface area (Å²) in [6.45, 7) is 5.62. The summed E-state index contributed by atoms with van der Waals surface area (Å²) in [5.41, 5.74) is 2.29. The lowest BCUT2D eigenvalue weighted by Gasteiger charge is -2.10. The molecule has 1 aromatic carbocycles. The molecule has 7 heteroatoms. The summed E-state index contributed by atoms with van der Waals surface area (Å²) in [4.78, 5) is 12.1. The first-order valence-electron chi connectivity index (χ1n) is 7.20. The average molecular weight is 336 g/mol. The molecule has 1 heterocycles. The standard InChI is InChI=1S/C16H20N2O4S/c1-11-4-5-12(2)14(10-11)23(20,21)18-8-7-17-16(19)15-13(3)6-9-22-15/h4-6,9-10,18H,7-8H2,1-3H3,(H,17,19). The van der Waals surface area contributed by atoms with Crippen LogP contribution >= 0.6 is 0 Å². The van der Waals surface area contributed by atoms with Crippen molar-refractivity contribution in [3.8, 4) is 0 Å². The zero-order valence-corrected chi connectivity index (χ0v) is 14.2. The Balaban J connectivity index is 1.92. The molecular weight excluding hydrogens is 316 g/mol. The molecule has 0 radical (unpaired) electrons. The molecule has 0 bridgehead atoms.